The summed E-state index contributed by atoms with van der Waals surface area (Å²) in [7, 11) is 1.98. The van der Waals surface area contributed by atoms with E-state index in [1.165, 1.54) is 5.56 Å². The second kappa shape index (κ2) is 5.79. The highest BCUT2D eigenvalue weighted by atomic mass is 16.1. The van der Waals surface area contributed by atoms with E-state index in [0.717, 1.165) is 17.5 Å². The first-order chi connectivity index (χ1) is 10.2. The second-order valence-electron chi connectivity index (χ2n) is 5.05. The molecule has 0 fully saturated rings. The molecule has 4 heteroatoms. The van der Waals surface area contributed by atoms with Gasteiger partial charge >= 0.3 is 0 Å². The van der Waals surface area contributed by atoms with Crippen LogP contribution in [0.5, 0.6) is 0 Å². The van der Waals surface area contributed by atoms with Crippen LogP contribution in [0.25, 0.3) is 11.0 Å². The Morgan fingerprint density at radius 1 is 1.19 bits per heavy atom. The molecular formula is C17H17N3O. The fourth-order valence-corrected chi connectivity index (χ4v) is 2.35. The van der Waals surface area contributed by atoms with E-state index < -0.39 is 0 Å². The zero-order valence-electron chi connectivity index (χ0n) is 11.9. The van der Waals surface area contributed by atoms with E-state index in [2.05, 4.69) is 28.5 Å². The second-order valence-corrected chi connectivity index (χ2v) is 5.05. The molecule has 1 amide bonds. The van der Waals surface area contributed by atoms with Gasteiger partial charge in [0.25, 0.3) is 5.91 Å². The highest BCUT2D eigenvalue weighted by Crippen LogP contribution is 2.14. The maximum Gasteiger partial charge on any atom is 0.251 e. The summed E-state index contributed by atoms with van der Waals surface area (Å²) in [4.78, 5) is 16.3. The molecule has 1 aromatic heterocycles. The van der Waals surface area contributed by atoms with Gasteiger partial charge in [0, 0.05) is 19.2 Å². The number of carbonyl (C=O) groups is 1. The fourth-order valence-electron chi connectivity index (χ4n) is 2.35. The van der Waals surface area contributed by atoms with Crippen molar-refractivity contribution in [2.75, 3.05) is 6.54 Å². The van der Waals surface area contributed by atoms with Gasteiger partial charge in [0.1, 0.15) is 0 Å². The first kappa shape index (κ1) is 13.4. The minimum atomic E-state index is -0.0329. The Balaban J connectivity index is 1.60. The number of hydrogen-bond donors (Lipinski definition) is 1. The number of nitrogens with one attached hydrogen (secondary N) is 1. The molecule has 3 rings (SSSR count). The Hall–Kier alpha value is -2.62. The highest BCUT2D eigenvalue weighted by molar-refractivity contribution is 5.94. The Kier molecular flexibility index (Phi) is 3.69. The molecule has 21 heavy (non-hydrogen) atoms. The van der Waals surface area contributed by atoms with E-state index in [9.17, 15) is 4.79 Å². The van der Waals surface area contributed by atoms with Crippen LogP contribution in [0.3, 0.4) is 0 Å². The minimum absolute atomic E-state index is 0.0329. The van der Waals surface area contributed by atoms with Crippen molar-refractivity contribution >= 4 is 16.9 Å². The van der Waals surface area contributed by atoms with E-state index >= 15 is 0 Å². The number of nitrogens with zero attached hydrogens (tertiary/aromatic N) is 2. The molecule has 0 saturated heterocycles. The smallest absolute Gasteiger partial charge is 0.251 e. The Labute approximate surface area is 123 Å². The zero-order chi connectivity index (χ0) is 14.7. The summed E-state index contributed by atoms with van der Waals surface area (Å²) in [5, 5.41) is 2.94. The van der Waals surface area contributed by atoms with Crippen LogP contribution in [-0.2, 0) is 13.5 Å². The quantitative estimate of drug-likeness (QED) is 0.798. The Morgan fingerprint density at radius 3 is 2.81 bits per heavy atom. The maximum atomic E-state index is 11.9. The van der Waals surface area contributed by atoms with Crippen LogP contribution in [0, 0.1) is 0 Å². The molecule has 1 heterocycles. The lowest BCUT2D eigenvalue weighted by Crippen LogP contribution is -2.25. The van der Waals surface area contributed by atoms with Crippen molar-refractivity contribution < 1.29 is 4.79 Å². The molecule has 0 aliphatic carbocycles. The van der Waals surface area contributed by atoms with E-state index in [1.807, 2.05) is 48.3 Å². The maximum absolute atomic E-state index is 11.9. The number of amides is 1. The SMILES string of the molecule is Cn1cnc2cc(CCNC(=O)c3ccccc3)ccc21. The van der Waals surface area contributed by atoms with E-state index in [0.29, 0.717) is 12.1 Å². The van der Waals surface area contributed by atoms with Crippen LogP contribution in [0.1, 0.15) is 15.9 Å². The van der Waals surface area contributed by atoms with E-state index in [1.54, 1.807) is 0 Å². The summed E-state index contributed by atoms with van der Waals surface area (Å²) in [6.07, 6.45) is 2.61. The fraction of sp³-hybridized carbons (Fsp3) is 0.176. The average Bonchev–Trinajstić information content (AvgIpc) is 2.89. The lowest BCUT2D eigenvalue weighted by Gasteiger charge is -2.05. The Bertz CT molecular complexity index is 762. The largest absolute Gasteiger partial charge is 0.352 e. The molecule has 0 aliphatic heterocycles. The van der Waals surface area contributed by atoms with Crippen LogP contribution in [-0.4, -0.2) is 22.0 Å². The van der Waals surface area contributed by atoms with Crippen molar-refractivity contribution in [3.63, 3.8) is 0 Å². The molecule has 1 N–H and O–H groups in total. The van der Waals surface area contributed by atoms with Crippen LogP contribution in [0.15, 0.2) is 54.9 Å². The monoisotopic (exact) mass is 279 g/mol. The van der Waals surface area contributed by atoms with Crippen molar-refractivity contribution in [2.45, 2.75) is 6.42 Å². The van der Waals surface area contributed by atoms with Gasteiger partial charge in [-0.25, -0.2) is 4.98 Å². The summed E-state index contributed by atoms with van der Waals surface area (Å²) in [5.41, 5.74) is 3.98. The summed E-state index contributed by atoms with van der Waals surface area (Å²) < 4.78 is 2.00. The number of carbonyl (C=O) groups excluding carboxylic acids is 1. The molecule has 0 radical (unpaired) electrons. The number of rotatable bonds is 4. The van der Waals surface area contributed by atoms with Gasteiger partial charge in [-0.3, -0.25) is 4.79 Å². The van der Waals surface area contributed by atoms with Crippen molar-refractivity contribution in [2.24, 2.45) is 7.05 Å². The van der Waals surface area contributed by atoms with Crippen molar-refractivity contribution in [1.29, 1.82) is 0 Å². The lowest BCUT2D eigenvalue weighted by atomic mass is 10.1. The molecule has 106 valence electrons. The molecule has 4 nitrogen and oxygen atoms in total. The minimum Gasteiger partial charge on any atom is -0.352 e. The molecule has 0 saturated carbocycles. The third-order valence-corrected chi connectivity index (χ3v) is 3.53. The Morgan fingerprint density at radius 2 is 2.00 bits per heavy atom. The molecule has 0 bridgehead atoms. The normalized spacial score (nSPS) is 10.7. The van der Waals surface area contributed by atoms with E-state index in [-0.39, 0.29) is 5.91 Å². The number of benzene rings is 2. The average molecular weight is 279 g/mol. The molecule has 0 spiro atoms. The van der Waals surface area contributed by atoms with Gasteiger partial charge in [0.2, 0.25) is 0 Å². The van der Waals surface area contributed by atoms with Crippen molar-refractivity contribution in [1.82, 2.24) is 14.9 Å². The highest BCUT2D eigenvalue weighted by Gasteiger charge is 2.04. The van der Waals surface area contributed by atoms with Crippen LogP contribution < -0.4 is 5.32 Å². The molecule has 0 aliphatic rings. The van der Waals surface area contributed by atoms with Gasteiger partial charge in [-0.2, -0.15) is 0 Å². The van der Waals surface area contributed by atoms with Gasteiger partial charge in [-0.15, -0.1) is 0 Å². The van der Waals surface area contributed by atoms with Crippen LogP contribution >= 0.6 is 0 Å². The topological polar surface area (TPSA) is 46.9 Å². The van der Waals surface area contributed by atoms with Crippen molar-refractivity contribution in [3.05, 3.63) is 66.0 Å². The van der Waals surface area contributed by atoms with Gasteiger partial charge in [0.05, 0.1) is 17.4 Å². The molecular weight excluding hydrogens is 262 g/mol. The van der Waals surface area contributed by atoms with Gasteiger partial charge in [-0.1, -0.05) is 24.3 Å². The van der Waals surface area contributed by atoms with E-state index in [4.69, 9.17) is 0 Å². The molecule has 0 unspecified atom stereocenters. The number of aromatic nitrogens is 2. The number of imidazole rings is 1. The van der Waals surface area contributed by atoms with Gasteiger partial charge in [0.15, 0.2) is 0 Å². The zero-order valence-corrected chi connectivity index (χ0v) is 11.9. The first-order valence-corrected chi connectivity index (χ1v) is 6.97. The first-order valence-electron chi connectivity index (χ1n) is 6.97. The summed E-state index contributed by atoms with van der Waals surface area (Å²) >= 11 is 0. The number of hydrogen-bond acceptors (Lipinski definition) is 2. The molecule has 2 aromatic carbocycles. The third kappa shape index (κ3) is 2.94. The molecule has 0 atom stereocenters. The van der Waals surface area contributed by atoms with Crippen molar-refractivity contribution in [3.8, 4) is 0 Å². The third-order valence-electron chi connectivity index (χ3n) is 3.53. The predicted molar refractivity (Wildman–Crippen MR) is 83.2 cm³/mol. The standard InChI is InChI=1S/C17H17N3O/c1-20-12-19-15-11-13(7-8-16(15)20)9-10-18-17(21)14-5-3-2-4-6-14/h2-8,11-12H,9-10H2,1H3,(H,18,21). The number of fused-ring (bicyclic) bond motifs is 1. The lowest BCUT2D eigenvalue weighted by molar-refractivity contribution is 0.0954. The molecule has 3 aromatic rings. The van der Waals surface area contributed by atoms with Crippen LogP contribution in [0.2, 0.25) is 0 Å². The summed E-state index contributed by atoms with van der Waals surface area (Å²) in [5.74, 6) is -0.0329. The number of aryl methyl sites for hydroxylation is 1. The van der Waals surface area contributed by atoms with Gasteiger partial charge < -0.3 is 9.88 Å². The predicted octanol–water partition coefficient (Wildman–Crippen LogP) is 2.55. The summed E-state index contributed by atoms with van der Waals surface area (Å²) in [6, 6.07) is 15.5. The van der Waals surface area contributed by atoms with Crippen LogP contribution in [0.4, 0.5) is 0 Å². The summed E-state index contributed by atoms with van der Waals surface area (Å²) in [6.45, 7) is 0.617. The van der Waals surface area contributed by atoms with Gasteiger partial charge in [-0.05, 0) is 36.2 Å².